The molecule has 1 unspecified atom stereocenters. The molecule has 0 aliphatic rings. The van der Waals surface area contributed by atoms with E-state index in [1.807, 2.05) is 6.07 Å². The SMILES string of the molecule is COc1cccc(C(NC(=O)[C@@H](C)N)c2cc(F)ccc2OC)c1. The molecule has 0 aromatic heterocycles. The molecule has 5 nitrogen and oxygen atoms in total. The molecule has 6 heteroatoms. The number of hydrogen-bond donors (Lipinski definition) is 2. The summed E-state index contributed by atoms with van der Waals surface area (Å²) in [5.74, 6) is 0.319. The molecule has 0 spiro atoms. The van der Waals surface area contributed by atoms with Gasteiger partial charge in [0.2, 0.25) is 5.91 Å². The second kappa shape index (κ2) is 7.79. The number of rotatable bonds is 6. The Morgan fingerprint density at radius 1 is 1.17 bits per heavy atom. The number of nitrogens with two attached hydrogens (primary N) is 1. The number of ether oxygens (including phenoxy) is 2. The monoisotopic (exact) mass is 332 g/mol. The predicted octanol–water partition coefficient (Wildman–Crippen LogP) is 2.40. The van der Waals surface area contributed by atoms with Crippen molar-refractivity contribution in [1.82, 2.24) is 5.32 Å². The van der Waals surface area contributed by atoms with Crippen molar-refractivity contribution in [3.8, 4) is 11.5 Å². The zero-order valence-electron chi connectivity index (χ0n) is 13.9. The smallest absolute Gasteiger partial charge is 0.237 e. The van der Waals surface area contributed by atoms with Crippen molar-refractivity contribution >= 4 is 5.91 Å². The average molecular weight is 332 g/mol. The fourth-order valence-electron chi connectivity index (χ4n) is 2.37. The van der Waals surface area contributed by atoms with Crippen LogP contribution in [0.25, 0.3) is 0 Å². The summed E-state index contributed by atoms with van der Waals surface area (Å²) < 4.78 is 24.3. The maximum atomic E-state index is 13.8. The molecule has 128 valence electrons. The maximum absolute atomic E-state index is 13.8. The van der Waals surface area contributed by atoms with Crippen molar-refractivity contribution < 1.29 is 18.7 Å². The van der Waals surface area contributed by atoms with Gasteiger partial charge in [0.05, 0.1) is 26.3 Å². The Morgan fingerprint density at radius 2 is 1.92 bits per heavy atom. The molecule has 0 aliphatic carbocycles. The number of carbonyl (C=O) groups excluding carboxylic acids is 1. The van der Waals surface area contributed by atoms with Crippen LogP contribution in [-0.2, 0) is 4.79 Å². The van der Waals surface area contributed by atoms with Crippen LogP contribution in [-0.4, -0.2) is 26.2 Å². The van der Waals surface area contributed by atoms with Crippen molar-refractivity contribution in [2.24, 2.45) is 5.73 Å². The average Bonchev–Trinajstić information content (AvgIpc) is 2.59. The van der Waals surface area contributed by atoms with E-state index in [4.69, 9.17) is 15.2 Å². The first-order valence-corrected chi connectivity index (χ1v) is 7.49. The summed E-state index contributed by atoms with van der Waals surface area (Å²) in [5.41, 5.74) is 6.88. The van der Waals surface area contributed by atoms with Gasteiger partial charge in [-0.2, -0.15) is 0 Å². The van der Waals surface area contributed by atoms with Crippen LogP contribution in [0.1, 0.15) is 24.1 Å². The van der Waals surface area contributed by atoms with Crippen molar-refractivity contribution in [2.75, 3.05) is 14.2 Å². The minimum absolute atomic E-state index is 0.353. The third-order valence-corrected chi connectivity index (χ3v) is 3.63. The Morgan fingerprint density at radius 3 is 2.54 bits per heavy atom. The quantitative estimate of drug-likeness (QED) is 0.852. The second-order valence-corrected chi connectivity index (χ2v) is 5.39. The lowest BCUT2D eigenvalue weighted by Crippen LogP contribution is -2.40. The van der Waals surface area contributed by atoms with E-state index >= 15 is 0 Å². The van der Waals surface area contributed by atoms with E-state index in [-0.39, 0.29) is 5.91 Å². The molecular weight excluding hydrogens is 311 g/mol. The minimum atomic E-state index is -0.697. The molecule has 1 amide bonds. The Labute approximate surface area is 140 Å². The number of benzene rings is 2. The van der Waals surface area contributed by atoms with E-state index in [0.29, 0.717) is 17.1 Å². The molecule has 2 aromatic carbocycles. The van der Waals surface area contributed by atoms with Crippen LogP contribution >= 0.6 is 0 Å². The molecule has 0 saturated carbocycles. The standard InChI is InChI=1S/C18H21FN2O3/c1-11(20)18(22)21-17(12-5-4-6-14(9-12)23-2)15-10-13(19)7-8-16(15)24-3/h4-11,17H,20H2,1-3H3,(H,21,22)/t11-,17?/m1/s1. The van der Waals surface area contributed by atoms with E-state index in [1.165, 1.54) is 25.3 Å². The maximum Gasteiger partial charge on any atom is 0.237 e. The Kier molecular flexibility index (Phi) is 5.76. The summed E-state index contributed by atoms with van der Waals surface area (Å²) >= 11 is 0. The summed E-state index contributed by atoms with van der Waals surface area (Å²) in [6.45, 7) is 1.58. The zero-order valence-corrected chi connectivity index (χ0v) is 13.9. The summed E-state index contributed by atoms with van der Waals surface area (Å²) in [7, 11) is 3.05. The number of amides is 1. The Hall–Kier alpha value is -2.60. The van der Waals surface area contributed by atoms with Crippen molar-refractivity contribution in [2.45, 2.75) is 19.0 Å². The molecule has 0 heterocycles. The fourth-order valence-corrected chi connectivity index (χ4v) is 2.37. The predicted molar refractivity (Wildman–Crippen MR) is 89.6 cm³/mol. The van der Waals surface area contributed by atoms with E-state index in [2.05, 4.69) is 5.32 Å². The highest BCUT2D eigenvalue weighted by Crippen LogP contribution is 2.32. The van der Waals surface area contributed by atoms with Gasteiger partial charge in [-0.25, -0.2) is 4.39 Å². The van der Waals surface area contributed by atoms with E-state index in [1.54, 1.807) is 32.2 Å². The van der Waals surface area contributed by atoms with E-state index in [9.17, 15) is 9.18 Å². The van der Waals surface area contributed by atoms with Crippen molar-refractivity contribution in [1.29, 1.82) is 0 Å². The van der Waals surface area contributed by atoms with Crippen molar-refractivity contribution in [3.63, 3.8) is 0 Å². The lowest BCUT2D eigenvalue weighted by Gasteiger charge is -2.23. The number of hydrogen-bond acceptors (Lipinski definition) is 4. The van der Waals surface area contributed by atoms with Gasteiger partial charge in [0.25, 0.3) is 0 Å². The highest BCUT2D eigenvalue weighted by molar-refractivity contribution is 5.82. The van der Waals surface area contributed by atoms with Crippen LogP contribution in [0.15, 0.2) is 42.5 Å². The van der Waals surface area contributed by atoms with Gasteiger partial charge in [-0.05, 0) is 42.8 Å². The largest absolute Gasteiger partial charge is 0.497 e. The number of nitrogens with one attached hydrogen (secondary N) is 1. The molecule has 0 fully saturated rings. The first-order valence-electron chi connectivity index (χ1n) is 7.49. The van der Waals surface area contributed by atoms with Gasteiger partial charge < -0.3 is 20.5 Å². The molecule has 0 saturated heterocycles. The zero-order chi connectivity index (χ0) is 17.7. The first-order chi connectivity index (χ1) is 11.5. The number of methoxy groups -OCH3 is 2. The molecule has 24 heavy (non-hydrogen) atoms. The highest BCUT2D eigenvalue weighted by Gasteiger charge is 2.23. The minimum Gasteiger partial charge on any atom is -0.497 e. The van der Waals surface area contributed by atoms with Gasteiger partial charge in [-0.15, -0.1) is 0 Å². The van der Waals surface area contributed by atoms with Crippen LogP contribution in [0.5, 0.6) is 11.5 Å². The van der Waals surface area contributed by atoms with Gasteiger partial charge in [-0.3, -0.25) is 4.79 Å². The van der Waals surface area contributed by atoms with Gasteiger partial charge in [0.15, 0.2) is 0 Å². The number of halogens is 1. The van der Waals surface area contributed by atoms with E-state index < -0.39 is 17.9 Å². The molecule has 0 bridgehead atoms. The second-order valence-electron chi connectivity index (χ2n) is 5.39. The molecule has 0 radical (unpaired) electrons. The lowest BCUT2D eigenvalue weighted by molar-refractivity contribution is -0.122. The van der Waals surface area contributed by atoms with E-state index in [0.717, 1.165) is 5.56 Å². The van der Waals surface area contributed by atoms with Crippen molar-refractivity contribution in [3.05, 3.63) is 59.4 Å². The number of carbonyl (C=O) groups is 1. The van der Waals surface area contributed by atoms with Crippen LogP contribution in [0, 0.1) is 5.82 Å². The fraction of sp³-hybridized carbons (Fsp3) is 0.278. The van der Waals surface area contributed by atoms with Gasteiger partial charge in [0.1, 0.15) is 17.3 Å². The third-order valence-electron chi connectivity index (χ3n) is 3.63. The summed E-state index contributed by atoms with van der Waals surface area (Å²) in [5, 5.41) is 2.84. The Balaban J connectivity index is 2.54. The molecule has 3 N–H and O–H groups in total. The van der Waals surface area contributed by atoms with Gasteiger partial charge in [-0.1, -0.05) is 12.1 Å². The molecule has 0 aliphatic heterocycles. The summed E-state index contributed by atoms with van der Waals surface area (Å²) in [6, 6.07) is 10.0. The molecule has 2 aromatic rings. The van der Waals surface area contributed by atoms with Crippen LogP contribution in [0.3, 0.4) is 0 Å². The molecule has 2 atom stereocenters. The normalized spacial score (nSPS) is 13.0. The van der Waals surface area contributed by atoms with Crippen LogP contribution < -0.4 is 20.5 Å². The topological polar surface area (TPSA) is 73.6 Å². The van der Waals surface area contributed by atoms with Gasteiger partial charge in [0, 0.05) is 5.56 Å². The summed E-state index contributed by atoms with van der Waals surface area (Å²) in [6.07, 6.45) is 0. The first kappa shape index (κ1) is 17.7. The van der Waals surface area contributed by atoms with Gasteiger partial charge >= 0.3 is 0 Å². The summed E-state index contributed by atoms with van der Waals surface area (Å²) in [4.78, 5) is 12.1. The highest BCUT2D eigenvalue weighted by atomic mass is 19.1. The third kappa shape index (κ3) is 4.02. The molecule has 2 rings (SSSR count). The van der Waals surface area contributed by atoms with Crippen LogP contribution in [0.2, 0.25) is 0 Å². The van der Waals surface area contributed by atoms with Crippen LogP contribution in [0.4, 0.5) is 4.39 Å². The lowest BCUT2D eigenvalue weighted by atomic mass is 9.97. The molecular formula is C18H21FN2O3. The Bertz CT molecular complexity index is 719.